The zero-order chi connectivity index (χ0) is 19.3. The molecule has 2 aromatic rings. The Labute approximate surface area is 155 Å². The molecule has 140 valence electrons. The largest absolute Gasteiger partial charge is 0.326 e. The van der Waals surface area contributed by atoms with Gasteiger partial charge in [0.15, 0.2) is 0 Å². The van der Waals surface area contributed by atoms with E-state index in [1.165, 1.54) is 0 Å². The van der Waals surface area contributed by atoms with Gasteiger partial charge in [0.1, 0.15) is 0 Å². The van der Waals surface area contributed by atoms with Gasteiger partial charge in [-0.3, -0.25) is 4.79 Å². The summed E-state index contributed by atoms with van der Waals surface area (Å²) in [4.78, 5) is 12.4. The summed E-state index contributed by atoms with van der Waals surface area (Å²) in [6.45, 7) is 7.76. The summed E-state index contributed by atoms with van der Waals surface area (Å²) in [5.74, 6) is 0.0658. The van der Waals surface area contributed by atoms with E-state index in [1.54, 1.807) is 19.1 Å². The van der Waals surface area contributed by atoms with Crippen LogP contribution in [0, 0.1) is 13.8 Å². The smallest absolute Gasteiger partial charge is 0.240 e. The van der Waals surface area contributed by atoms with Crippen molar-refractivity contribution in [3.05, 3.63) is 59.2 Å². The van der Waals surface area contributed by atoms with Gasteiger partial charge in [0.2, 0.25) is 15.9 Å². The third kappa shape index (κ3) is 5.16. The first-order chi connectivity index (χ1) is 12.2. The van der Waals surface area contributed by atoms with E-state index in [-0.39, 0.29) is 29.7 Å². The van der Waals surface area contributed by atoms with Crippen LogP contribution in [0.1, 0.15) is 42.9 Å². The molecule has 0 heterocycles. The molecule has 0 saturated heterocycles. The molecule has 0 aliphatic carbocycles. The van der Waals surface area contributed by atoms with Gasteiger partial charge in [-0.1, -0.05) is 44.2 Å². The summed E-state index contributed by atoms with van der Waals surface area (Å²) in [6.07, 6.45) is 0.0660. The lowest BCUT2D eigenvalue weighted by Gasteiger charge is -2.14. The number of aryl methyl sites for hydroxylation is 2. The van der Waals surface area contributed by atoms with Crippen LogP contribution in [0.15, 0.2) is 47.4 Å². The molecule has 5 nitrogen and oxygen atoms in total. The van der Waals surface area contributed by atoms with Gasteiger partial charge in [0.05, 0.1) is 4.90 Å². The fraction of sp³-hybridized carbons (Fsp3) is 0.350. The number of anilines is 1. The van der Waals surface area contributed by atoms with E-state index < -0.39 is 10.0 Å². The van der Waals surface area contributed by atoms with Gasteiger partial charge in [0.25, 0.3) is 0 Å². The monoisotopic (exact) mass is 374 g/mol. The van der Waals surface area contributed by atoms with Crippen LogP contribution in [-0.4, -0.2) is 20.9 Å². The van der Waals surface area contributed by atoms with Crippen molar-refractivity contribution >= 4 is 21.6 Å². The summed E-state index contributed by atoms with van der Waals surface area (Å²) in [5.41, 5.74) is 3.37. The van der Waals surface area contributed by atoms with Crippen molar-refractivity contribution in [1.29, 1.82) is 0 Å². The lowest BCUT2D eigenvalue weighted by molar-refractivity contribution is -0.116. The van der Waals surface area contributed by atoms with Gasteiger partial charge < -0.3 is 5.32 Å². The van der Waals surface area contributed by atoms with E-state index in [1.807, 2.05) is 37.3 Å². The number of hydrogen-bond acceptors (Lipinski definition) is 3. The molecule has 0 aliphatic rings. The van der Waals surface area contributed by atoms with Crippen LogP contribution in [0.3, 0.4) is 0 Å². The van der Waals surface area contributed by atoms with Gasteiger partial charge in [-0.2, -0.15) is 0 Å². The van der Waals surface area contributed by atoms with Crippen molar-refractivity contribution in [3.63, 3.8) is 0 Å². The minimum absolute atomic E-state index is 0.0470. The Bertz CT molecular complexity index is 890. The summed E-state index contributed by atoms with van der Waals surface area (Å²) in [5, 5.41) is 2.86. The number of para-hydroxylation sites is 1. The van der Waals surface area contributed by atoms with Crippen LogP contribution in [0.25, 0.3) is 0 Å². The third-order valence-electron chi connectivity index (χ3n) is 4.13. The van der Waals surface area contributed by atoms with Crippen molar-refractivity contribution in [1.82, 2.24) is 4.72 Å². The number of rotatable bonds is 7. The van der Waals surface area contributed by atoms with E-state index in [9.17, 15) is 13.2 Å². The van der Waals surface area contributed by atoms with Crippen molar-refractivity contribution in [2.75, 3.05) is 11.9 Å². The zero-order valence-electron chi connectivity index (χ0n) is 15.7. The van der Waals surface area contributed by atoms with Crippen molar-refractivity contribution in [3.8, 4) is 0 Å². The molecule has 0 bridgehead atoms. The van der Waals surface area contributed by atoms with Gasteiger partial charge in [-0.05, 0) is 48.6 Å². The summed E-state index contributed by atoms with van der Waals surface area (Å²) < 4.78 is 27.4. The molecule has 0 atom stereocenters. The van der Waals surface area contributed by atoms with E-state index in [0.29, 0.717) is 5.56 Å². The molecule has 2 N–H and O–H groups in total. The average Bonchev–Trinajstić information content (AvgIpc) is 2.57. The molecule has 0 aromatic heterocycles. The van der Waals surface area contributed by atoms with Crippen LogP contribution in [-0.2, 0) is 14.8 Å². The first-order valence-corrected chi connectivity index (χ1v) is 10.1. The molecular weight excluding hydrogens is 348 g/mol. The van der Waals surface area contributed by atoms with Gasteiger partial charge in [-0.25, -0.2) is 13.1 Å². The number of nitrogens with one attached hydrogen (secondary N) is 2. The molecule has 6 heteroatoms. The number of sulfonamides is 1. The van der Waals surface area contributed by atoms with Crippen LogP contribution >= 0.6 is 0 Å². The standard InChI is InChI=1S/C20H26N2O3S/c1-14(2)17-7-5-6-8-18(17)22-20(23)11-12-21-26(24,25)19-13-15(3)9-10-16(19)4/h5-10,13-14,21H,11-12H2,1-4H3,(H,22,23). The fourth-order valence-corrected chi connectivity index (χ4v) is 4.06. The highest BCUT2D eigenvalue weighted by atomic mass is 32.2. The molecule has 0 spiro atoms. The molecule has 2 rings (SSSR count). The fourth-order valence-electron chi connectivity index (χ4n) is 2.70. The second-order valence-electron chi connectivity index (χ2n) is 6.71. The second-order valence-corrected chi connectivity index (χ2v) is 8.44. The predicted octanol–water partition coefficient (Wildman–Crippen LogP) is 3.73. The Hall–Kier alpha value is -2.18. The van der Waals surface area contributed by atoms with Crippen LogP contribution in [0.2, 0.25) is 0 Å². The molecule has 26 heavy (non-hydrogen) atoms. The summed E-state index contributed by atoms with van der Waals surface area (Å²) >= 11 is 0. The third-order valence-corrected chi connectivity index (χ3v) is 5.74. The normalized spacial score (nSPS) is 11.6. The first-order valence-electron chi connectivity index (χ1n) is 8.66. The maximum Gasteiger partial charge on any atom is 0.240 e. The van der Waals surface area contributed by atoms with Crippen LogP contribution in [0.5, 0.6) is 0 Å². The Morgan fingerprint density at radius 3 is 2.46 bits per heavy atom. The predicted molar refractivity (Wildman–Crippen MR) is 105 cm³/mol. The molecular formula is C20H26N2O3S. The number of carbonyl (C=O) groups excluding carboxylic acids is 1. The Morgan fingerprint density at radius 1 is 1.08 bits per heavy atom. The lowest BCUT2D eigenvalue weighted by atomic mass is 10.0. The van der Waals surface area contributed by atoms with E-state index in [4.69, 9.17) is 0 Å². The van der Waals surface area contributed by atoms with E-state index >= 15 is 0 Å². The van der Waals surface area contributed by atoms with E-state index in [0.717, 1.165) is 16.8 Å². The van der Waals surface area contributed by atoms with Gasteiger partial charge in [0, 0.05) is 18.7 Å². The summed E-state index contributed by atoms with van der Waals surface area (Å²) in [6, 6.07) is 12.9. The van der Waals surface area contributed by atoms with Gasteiger partial charge >= 0.3 is 0 Å². The van der Waals surface area contributed by atoms with Crippen molar-refractivity contribution in [2.45, 2.75) is 44.9 Å². The number of benzene rings is 2. The summed E-state index contributed by atoms with van der Waals surface area (Å²) in [7, 11) is -3.63. The SMILES string of the molecule is Cc1ccc(C)c(S(=O)(=O)NCCC(=O)Nc2ccccc2C(C)C)c1. The minimum atomic E-state index is -3.63. The molecule has 0 fully saturated rings. The Morgan fingerprint density at radius 2 is 1.77 bits per heavy atom. The Kier molecular flexibility index (Phi) is 6.56. The number of amides is 1. The average molecular weight is 375 g/mol. The minimum Gasteiger partial charge on any atom is -0.326 e. The highest BCUT2D eigenvalue weighted by molar-refractivity contribution is 7.89. The second kappa shape index (κ2) is 8.47. The van der Waals surface area contributed by atoms with Crippen molar-refractivity contribution in [2.24, 2.45) is 0 Å². The molecule has 0 radical (unpaired) electrons. The topological polar surface area (TPSA) is 75.3 Å². The van der Waals surface area contributed by atoms with Crippen molar-refractivity contribution < 1.29 is 13.2 Å². The number of carbonyl (C=O) groups is 1. The van der Waals surface area contributed by atoms with Gasteiger partial charge in [-0.15, -0.1) is 0 Å². The number of hydrogen-bond donors (Lipinski definition) is 2. The van der Waals surface area contributed by atoms with Crippen LogP contribution < -0.4 is 10.0 Å². The zero-order valence-corrected chi connectivity index (χ0v) is 16.5. The lowest BCUT2D eigenvalue weighted by Crippen LogP contribution is -2.28. The molecule has 1 amide bonds. The molecule has 2 aromatic carbocycles. The highest BCUT2D eigenvalue weighted by Gasteiger charge is 2.17. The molecule has 0 aliphatic heterocycles. The molecule has 0 unspecified atom stereocenters. The quantitative estimate of drug-likeness (QED) is 0.775. The maximum absolute atomic E-state index is 12.4. The highest BCUT2D eigenvalue weighted by Crippen LogP contribution is 2.23. The first kappa shape index (κ1) is 20.1. The maximum atomic E-state index is 12.4. The molecule has 0 saturated carbocycles. The van der Waals surface area contributed by atoms with E-state index in [2.05, 4.69) is 23.9 Å². The van der Waals surface area contributed by atoms with Crippen LogP contribution in [0.4, 0.5) is 5.69 Å². The Balaban J connectivity index is 1.97.